The predicted molar refractivity (Wildman–Crippen MR) is 93.9 cm³/mol. The molecule has 0 radical (unpaired) electrons. The quantitative estimate of drug-likeness (QED) is 0.641. The van der Waals surface area contributed by atoms with Gasteiger partial charge >= 0.3 is 6.09 Å². The third kappa shape index (κ3) is 4.95. The molecule has 1 aliphatic carbocycles. The van der Waals surface area contributed by atoms with Gasteiger partial charge in [0.25, 0.3) is 0 Å². The number of carbonyl (C=O) groups excluding carboxylic acids is 1. The molecule has 25 heavy (non-hydrogen) atoms. The van der Waals surface area contributed by atoms with Crippen LogP contribution >= 0.6 is 0 Å². The molecule has 1 unspecified atom stereocenters. The topological polar surface area (TPSA) is 83.9 Å². The second-order valence-electron chi connectivity index (χ2n) is 7.47. The van der Waals surface area contributed by atoms with Crippen LogP contribution in [-0.2, 0) is 14.6 Å². The molecule has 1 fully saturated rings. The average Bonchev–Trinajstić information content (AvgIpc) is 2.55. The summed E-state index contributed by atoms with van der Waals surface area (Å²) in [7, 11) is -3.93. The monoisotopic (exact) mass is 369 g/mol. The number of carbonyl (C=O) groups is 1. The van der Waals surface area contributed by atoms with Gasteiger partial charge in [-0.1, -0.05) is 37.5 Å². The molecule has 0 aliphatic heterocycles. The lowest BCUT2D eigenvalue weighted by Crippen LogP contribution is -2.49. The van der Waals surface area contributed by atoms with Gasteiger partial charge in [-0.3, -0.25) is 5.21 Å². The number of ether oxygens (including phenoxy) is 1. The third-order valence-electron chi connectivity index (χ3n) is 4.26. The zero-order valence-electron chi connectivity index (χ0n) is 15.0. The summed E-state index contributed by atoms with van der Waals surface area (Å²) in [6, 6.07) is 7.93. The van der Waals surface area contributed by atoms with Crippen LogP contribution in [0, 0.1) is 5.92 Å². The highest BCUT2D eigenvalue weighted by atomic mass is 32.2. The molecule has 140 valence electrons. The highest BCUT2D eigenvalue weighted by Crippen LogP contribution is 2.34. The van der Waals surface area contributed by atoms with Crippen LogP contribution in [0.1, 0.15) is 52.9 Å². The van der Waals surface area contributed by atoms with Gasteiger partial charge in [0.05, 0.1) is 4.90 Å². The van der Waals surface area contributed by atoms with Gasteiger partial charge in [-0.05, 0) is 51.7 Å². The maximum Gasteiger partial charge on any atom is 0.435 e. The number of benzene rings is 1. The predicted octanol–water partition coefficient (Wildman–Crippen LogP) is 3.99. The second kappa shape index (κ2) is 7.74. The van der Waals surface area contributed by atoms with Crippen molar-refractivity contribution >= 4 is 15.9 Å². The summed E-state index contributed by atoms with van der Waals surface area (Å²) in [5.41, 5.74) is -0.828. The van der Waals surface area contributed by atoms with Gasteiger partial charge in [-0.2, -0.15) is 5.06 Å². The molecule has 0 spiro atoms. The normalized spacial score (nSPS) is 17.8. The molecule has 1 amide bonds. The summed E-state index contributed by atoms with van der Waals surface area (Å²) in [4.78, 5) is 12.4. The first kappa shape index (κ1) is 19.7. The van der Waals surface area contributed by atoms with Gasteiger partial charge in [0, 0.05) is 0 Å². The number of sulfone groups is 1. The van der Waals surface area contributed by atoms with E-state index in [-0.39, 0.29) is 15.9 Å². The Kier molecular flexibility index (Phi) is 6.11. The van der Waals surface area contributed by atoms with Crippen molar-refractivity contribution in [3.63, 3.8) is 0 Å². The number of amides is 1. The lowest BCUT2D eigenvalue weighted by atomic mass is 9.89. The van der Waals surface area contributed by atoms with Crippen LogP contribution < -0.4 is 0 Å². The van der Waals surface area contributed by atoms with Gasteiger partial charge in [0.1, 0.15) is 5.60 Å². The molecule has 1 aliphatic rings. The molecule has 1 aromatic carbocycles. The van der Waals surface area contributed by atoms with Crippen molar-refractivity contribution < 1.29 is 23.2 Å². The summed E-state index contributed by atoms with van der Waals surface area (Å²) in [6.45, 7) is 5.00. The van der Waals surface area contributed by atoms with Crippen molar-refractivity contribution in [3.05, 3.63) is 30.3 Å². The van der Waals surface area contributed by atoms with E-state index in [4.69, 9.17) is 4.74 Å². The molecule has 6 nitrogen and oxygen atoms in total. The standard InChI is InChI=1S/C18H27NO5S/c1-18(2,3)24-17(20)19(21)16(14-10-6-4-7-11-14)25(22,23)15-12-8-5-9-13-15/h5,8-9,12-14,16,21H,4,6-7,10-11H2,1-3H3. The molecule has 1 saturated carbocycles. The van der Waals surface area contributed by atoms with Crippen LogP contribution in [0.3, 0.4) is 0 Å². The summed E-state index contributed by atoms with van der Waals surface area (Å²) < 4.78 is 31.4. The Morgan fingerprint density at radius 1 is 1.16 bits per heavy atom. The Labute approximate surface area is 149 Å². The van der Waals surface area contributed by atoms with E-state index in [1.54, 1.807) is 39.0 Å². The van der Waals surface area contributed by atoms with Crippen LogP contribution in [0.5, 0.6) is 0 Å². The van der Waals surface area contributed by atoms with Gasteiger partial charge in [0.2, 0.25) is 9.84 Å². The first-order chi connectivity index (χ1) is 11.6. The van der Waals surface area contributed by atoms with E-state index < -0.39 is 26.9 Å². The van der Waals surface area contributed by atoms with E-state index in [0.29, 0.717) is 12.8 Å². The summed E-state index contributed by atoms with van der Waals surface area (Å²) >= 11 is 0. The minimum absolute atomic E-state index is 0.0909. The van der Waals surface area contributed by atoms with Gasteiger partial charge < -0.3 is 4.74 Å². The Morgan fingerprint density at radius 3 is 2.24 bits per heavy atom. The van der Waals surface area contributed by atoms with Crippen molar-refractivity contribution in [2.75, 3.05) is 0 Å². The van der Waals surface area contributed by atoms with E-state index in [1.807, 2.05) is 0 Å². The highest BCUT2D eigenvalue weighted by Gasteiger charge is 2.43. The van der Waals surface area contributed by atoms with E-state index in [9.17, 15) is 18.4 Å². The Morgan fingerprint density at radius 2 is 1.72 bits per heavy atom. The maximum absolute atomic E-state index is 13.1. The van der Waals surface area contributed by atoms with E-state index >= 15 is 0 Å². The Hall–Kier alpha value is -1.60. The molecule has 2 rings (SSSR count). The molecule has 0 bridgehead atoms. The van der Waals surface area contributed by atoms with Crippen molar-refractivity contribution in [2.24, 2.45) is 5.92 Å². The first-order valence-electron chi connectivity index (χ1n) is 8.63. The Bertz CT molecular complexity index is 675. The minimum Gasteiger partial charge on any atom is -0.442 e. The average molecular weight is 369 g/mol. The van der Waals surface area contributed by atoms with Crippen LogP contribution in [0.2, 0.25) is 0 Å². The summed E-state index contributed by atoms with van der Waals surface area (Å²) in [6.07, 6.45) is 3.06. The van der Waals surface area contributed by atoms with Crippen LogP contribution in [0.4, 0.5) is 4.79 Å². The van der Waals surface area contributed by atoms with Crippen LogP contribution in [0.15, 0.2) is 35.2 Å². The smallest absolute Gasteiger partial charge is 0.435 e. The summed E-state index contributed by atoms with van der Waals surface area (Å²) in [5, 5.41) is 9.41. The molecule has 1 atom stereocenters. The number of nitrogens with zero attached hydrogens (tertiary/aromatic N) is 1. The molecule has 7 heteroatoms. The molecule has 0 saturated heterocycles. The van der Waals surface area contributed by atoms with E-state index in [2.05, 4.69) is 0 Å². The molecular weight excluding hydrogens is 342 g/mol. The van der Waals surface area contributed by atoms with Crippen LogP contribution in [0.25, 0.3) is 0 Å². The summed E-state index contributed by atoms with van der Waals surface area (Å²) in [5.74, 6) is -0.323. The fourth-order valence-electron chi connectivity index (χ4n) is 3.17. The minimum atomic E-state index is -3.93. The molecule has 0 aromatic heterocycles. The SMILES string of the molecule is CC(C)(C)OC(=O)N(O)C(C1CCCCC1)S(=O)(=O)c1ccccc1. The van der Waals surface area contributed by atoms with Gasteiger partial charge in [0.15, 0.2) is 5.37 Å². The zero-order valence-corrected chi connectivity index (χ0v) is 15.8. The van der Waals surface area contributed by atoms with Crippen LogP contribution in [-0.4, -0.2) is 35.8 Å². The Balaban J connectivity index is 2.38. The van der Waals surface area contributed by atoms with Crippen molar-refractivity contribution in [1.82, 2.24) is 5.06 Å². The highest BCUT2D eigenvalue weighted by molar-refractivity contribution is 7.92. The number of hydrogen-bond acceptors (Lipinski definition) is 5. The maximum atomic E-state index is 13.1. The molecule has 0 heterocycles. The number of hydrogen-bond donors (Lipinski definition) is 1. The van der Waals surface area contributed by atoms with Crippen molar-refractivity contribution in [3.8, 4) is 0 Å². The van der Waals surface area contributed by atoms with Gasteiger partial charge in [-0.25, -0.2) is 13.2 Å². The molecule has 1 aromatic rings. The molecular formula is C18H27NO5S. The lowest BCUT2D eigenvalue weighted by Gasteiger charge is -2.35. The largest absolute Gasteiger partial charge is 0.442 e. The molecule has 1 N–H and O–H groups in total. The lowest BCUT2D eigenvalue weighted by molar-refractivity contribution is -0.114. The number of rotatable bonds is 4. The third-order valence-corrected chi connectivity index (χ3v) is 6.41. The number of hydroxylamine groups is 2. The van der Waals surface area contributed by atoms with E-state index in [1.165, 1.54) is 12.1 Å². The van der Waals surface area contributed by atoms with E-state index in [0.717, 1.165) is 19.3 Å². The fraction of sp³-hybridized carbons (Fsp3) is 0.611. The first-order valence-corrected chi connectivity index (χ1v) is 10.2. The van der Waals surface area contributed by atoms with Gasteiger partial charge in [-0.15, -0.1) is 0 Å². The zero-order chi connectivity index (χ0) is 18.7. The fourth-order valence-corrected chi connectivity index (χ4v) is 5.11. The van der Waals surface area contributed by atoms with Crippen molar-refractivity contribution in [2.45, 2.75) is 68.7 Å². The second-order valence-corrected chi connectivity index (χ2v) is 9.52. The van der Waals surface area contributed by atoms with Crippen molar-refractivity contribution in [1.29, 1.82) is 0 Å².